The molecule has 106 valence electrons. The van der Waals surface area contributed by atoms with Crippen molar-refractivity contribution in [1.82, 2.24) is 4.98 Å². The van der Waals surface area contributed by atoms with Crippen molar-refractivity contribution in [1.29, 1.82) is 0 Å². The van der Waals surface area contributed by atoms with Crippen molar-refractivity contribution >= 4 is 26.7 Å². The fourth-order valence-corrected chi connectivity index (χ4v) is 3.10. The summed E-state index contributed by atoms with van der Waals surface area (Å²) in [5.74, 6) is 0.795. The number of rotatable bonds is 2. The summed E-state index contributed by atoms with van der Waals surface area (Å²) in [6.45, 7) is 0. The minimum absolute atomic E-state index is 0.0848. The van der Waals surface area contributed by atoms with Gasteiger partial charge in [0.05, 0.1) is 10.6 Å². The third-order valence-electron chi connectivity index (χ3n) is 3.84. The van der Waals surface area contributed by atoms with Crippen LogP contribution in [-0.4, -0.2) is 17.1 Å². The second-order valence-corrected chi connectivity index (χ2v) is 6.19. The predicted octanol–water partition coefficient (Wildman–Crippen LogP) is 2.94. The van der Waals surface area contributed by atoms with E-state index in [-0.39, 0.29) is 11.7 Å². The van der Waals surface area contributed by atoms with Crippen LogP contribution in [0, 0.1) is 0 Å². The first-order valence-corrected chi connectivity index (χ1v) is 7.66. The third-order valence-corrected chi connectivity index (χ3v) is 4.46. The first-order chi connectivity index (χ1) is 9.63. The molecule has 4 nitrogen and oxygen atoms in total. The van der Waals surface area contributed by atoms with Crippen LogP contribution >= 0.6 is 15.9 Å². The fraction of sp³-hybridized carbons (Fsp3) is 0.400. The number of hydrogen-bond acceptors (Lipinski definition) is 3. The van der Waals surface area contributed by atoms with Crippen molar-refractivity contribution in [3.05, 3.63) is 39.2 Å². The number of fused-ring (bicyclic) bond motifs is 1. The summed E-state index contributed by atoms with van der Waals surface area (Å²) in [7, 11) is 0. The van der Waals surface area contributed by atoms with Gasteiger partial charge in [0.25, 0.3) is 5.56 Å². The molecule has 0 unspecified atom stereocenters. The number of ether oxygens (including phenoxy) is 1. The van der Waals surface area contributed by atoms with Crippen molar-refractivity contribution < 1.29 is 4.74 Å². The summed E-state index contributed by atoms with van der Waals surface area (Å²) >= 11 is 3.49. The number of nitrogens with two attached hydrogens (primary N) is 1. The monoisotopic (exact) mass is 336 g/mol. The molecule has 1 aromatic heterocycles. The highest BCUT2D eigenvalue weighted by Gasteiger charge is 2.20. The van der Waals surface area contributed by atoms with Gasteiger partial charge in [-0.1, -0.05) is 0 Å². The molecule has 0 atom stereocenters. The lowest BCUT2D eigenvalue weighted by Gasteiger charge is -2.27. The fourth-order valence-electron chi connectivity index (χ4n) is 2.66. The molecule has 1 aliphatic carbocycles. The van der Waals surface area contributed by atoms with E-state index in [4.69, 9.17) is 10.5 Å². The molecule has 0 aliphatic heterocycles. The van der Waals surface area contributed by atoms with Gasteiger partial charge in [0.2, 0.25) is 0 Å². The normalized spacial score (nSPS) is 22.9. The topological polar surface area (TPSA) is 68.1 Å². The zero-order valence-electron chi connectivity index (χ0n) is 11.1. The number of H-pyrrole nitrogens is 1. The Labute approximate surface area is 125 Å². The van der Waals surface area contributed by atoms with Crippen LogP contribution in [0.3, 0.4) is 0 Å². The number of aromatic nitrogens is 1. The maximum atomic E-state index is 11.7. The van der Waals surface area contributed by atoms with Gasteiger partial charge in [0.1, 0.15) is 5.75 Å². The molecule has 0 bridgehead atoms. The van der Waals surface area contributed by atoms with E-state index in [1.807, 2.05) is 18.2 Å². The van der Waals surface area contributed by atoms with Crippen LogP contribution in [0.2, 0.25) is 0 Å². The first-order valence-electron chi connectivity index (χ1n) is 6.86. The van der Waals surface area contributed by atoms with E-state index < -0.39 is 0 Å². The second-order valence-electron chi connectivity index (χ2n) is 5.33. The van der Waals surface area contributed by atoms with Gasteiger partial charge in [-0.3, -0.25) is 4.79 Å². The lowest BCUT2D eigenvalue weighted by atomic mass is 9.94. The predicted molar refractivity (Wildman–Crippen MR) is 83.1 cm³/mol. The van der Waals surface area contributed by atoms with Crippen LogP contribution in [0.15, 0.2) is 33.7 Å². The molecular weight excluding hydrogens is 320 g/mol. The van der Waals surface area contributed by atoms with E-state index in [0.29, 0.717) is 11.4 Å². The number of benzene rings is 1. The van der Waals surface area contributed by atoms with Crippen LogP contribution in [0.4, 0.5) is 0 Å². The van der Waals surface area contributed by atoms with Crippen molar-refractivity contribution in [2.45, 2.75) is 37.8 Å². The van der Waals surface area contributed by atoms with Gasteiger partial charge in [-0.05, 0) is 65.2 Å². The summed E-state index contributed by atoms with van der Waals surface area (Å²) < 4.78 is 6.88. The van der Waals surface area contributed by atoms with Crippen molar-refractivity contribution in [3.8, 4) is 5.75 Å². The number of nitrogens with one attached hydrogen (secondary N) is 1. The van der Waals surface area contributed by atoms with Gasteiger partial charge < -0.3 is 15.5 Å². The molecule has 0 radical (unpaired) electrons. The molecule has 20 heavy (non-hydrogen) atoms. The largest absolute Gasteiger partial charge is 0.489 e. The van der Waals surface area contributed by atoms with E-state index >= 15 is 0 Å². The average Bonchev–Trinajstić information content (AvgIpc) is 2.43. The Morgan fingerprint density at radius 3 is 2.75 bits per heavy atom. The van der Waals surface area contributed by atoms with Crippen molar-refractivity contribution in [2.75, 3.05) is 0 Å². The Hall–Kier alpha value is -1.33. The maximum Gasteiger partial charge on any atom is 0.255 e. The SMILES string of the molecule is N[C@H]1CC[C@H](Oc2cc3cc[nH]c(=O)c3cc2Br)CC1. The summed E-state index contributed by atoms with van der Waals surface area (Å²) in [5.41, 5.74) is 5.82. The van der Waals surface area contributed by atoms with Crippen LogP contribution in [0.1, 0.15) is 25.7 Å². The first kappa shape index (κ1) is 13.6. The highest BCUT2D eigenvalue weighted by atomic mass is 79.9. The smallest absolute Gasteiger partial charge is 0.255 e. The summed E-state index contributed by atoms with van der Waals surface area (Å²) in [5, 5.41) is 1.55. The van der Waals surface area contributed by atoms with Gasteiger partial charge >= 0.3 is 0 Å². The second kappa shape index (κ2) is 5.58. The van der Waals surface area contributed by atoms with Crippen LogP contribution in [-0.2, 0) is 0 Å². The van der Waals surface area contributed by atoms with Gasteiger partial charge in [-0.15, -0.1) is 0 Å². The number of halogens is 1. The zero-order valence-corrected chi connectivity index (χ0v) is 12.7. The van der Waals surface area contributed by atoms with Crippen LogP contribution < -0.4 is 16.0 Å². The molecule has 5 heteroatoms. The molecule has 2 aromatic rings. The van der Waals surface area contributed by atoms with Gasteiger partial charge in [-0.2, -0.15) is 0 Å². The Bertz CT molecular complexity index is 675. The highest BCUT2D eigenvalue weighted by Crippen LogP contribution is 2.32. The zero-order chi connectivity index (χ0) is 14.1. The van der Waals surface area contributed by atoms with Crippen LogP contribution in [0.25, 0.3) is 10.8 Å². The summed E-state index contributed by atoms with van der Waals surface area (Å²) in [4.78, 5) is 14.4. The molecule has 0 spiro atoms. The molecular formula is C15H17BrN2O2. The quantitative estimate of drug-likeness (QED) is 0.885. The highest BCUT2D eigenvalue weighted by molar-refractivity contribution is 9.10. The average molecular weight is 337 g/mol. The van der Waals surface area contributed by atoms with E-state index in [1.165, 1.54) is 0 Å². The molecule has 1 aliphatic rings. The Morgan fingerprint density at radius 1 is 1.25 bits per heavy atom. The lowest BCUT2D eigenvalue weighted by Crippen LogP contribution is -2.31. The molecule has 3 N–H and O–H groups in total. The molecule has 0 amide bonds. The van der Waals surface area contributed by atoms with Gasteiger partial charge in [-0.25, -0.2) is 0 Å². The molecule has 1 aromatic carbocycles. The molecule has 3 rings (SSSR count). The number of hydrogen-bond donors (Lipinski definition) is 2. The molecule has 1 fully saturated rings. The number of pyridine rings is 1. The number of aromatic amines is 1. The molecule has 0 saturated heterocycles. The standard InChI is InChI=1S/C15H17BrN2O2/c16-13-8-12-9(5-6-18-15(12)19)7-14(13)20-11-3-1-10(17)2-4-11/h5-8,10-11H,1-4,17H2,(H,18,19)/t10-,11-. The molecule has 1 heterocycles. The van der Waals surface area contributed by atoms with Crippen LogP contribution in [0.5, 0.6) is 5.75 Å². The van der Waals surface area contributed by atoms with E-state index in [1.54, 1.807) is 6.20 Å². The van der Waals surface area contributed by atoms with E-state index in [2.05, 4.69) is 20.9 Å². The third kappa shape index (κ3) is 2.74. The Morgan fingerprint density at radius 2 is 2.00 bits per heavy atom. The minimum atomic E-state index is -0.0848. The Kier molecular flexibility index (Phi) is 3.81. The minimum Gasteiger partial charge on any atom is -0.489 e. The lowest BCUT2D eigenvalue weighted by molar-refractivity contribution is 0.146. The Balaban J connectivity index is 1.88. The van der Waals surface area contributed by atoms with Gasteiger partial charge in [0, 0.05) is 17.6 Å². The maximum absolute atomic E-state index is 11.7. The van der Waals surface area contributed by atoms with Crippen molar-refractivity contribution in [3.63, 3.8) is 0 Å². The van der Waals surface area contributed by atoms with E-state index in [9.17, 15) is 4.79 Å². The van der Waals surface area contributed by atoms with E-state index in [0.717, 1.165) is 41.3 Å². The van der Waals surface area contributed by atoms with Crippen molar-refractivity contribution in [2.24, 2.45) is 5.73 Å². The summed E-state index contributed by atoms with van der Waals surface area (Å²) in [6, 6.07) is 5.93. The summed E-state index contributed by atoms with van der Waals surface area (Å²) in [6.07, 6.45) is 5.86. The van der Waals surface area contributed by atoms with Gasteiger partial charge in [0.15, 0.2) is 0 Å². The molecule has 1 saturated carbocycles.